The summed E-state index contributed by atoms with van der Waals surface area (Å²) in [4.78, 5) is 28.9. The molecule has 0 radical (unpaired) electrons. The van der Waals surface area contributed by atoms with E-state index in [9.17, 15) is 9.59 Å². The van der Waals surface area contributed by atoms with Crippen molar-refractivity contribution in [2.45, 2.75) is 58.5 Å². The predicted octanol–water partition coefficient (Wildman–Crippen LogP) is 2.77. The van der Waals surface area contributed by atoms with Crippen molar-refractivity contribution in [2.24, 2.45) is 5.92 Å². The van der Waals surface area contributed by atoms with Crippen LogP contribution in [0.2, 0.25) is 0 Å². The number of hydrogen-bond acceptors (Lipinski definition) is 3. The number of urea groups is 1. The third-order valence-electron chi connectivity index (χ3n) is 6.34. The van der Waals surface area contributed by atoms with Gasteiger partial charge in [0.15, 0.2) is 0 Å². The molecule has 0 bridgehead atoms. The van der Waals surface area contributed by atoms with Gasteiger partial charge in [-0.1, -0.05) is 31.2 Å². The molecular formula is C23H36N4O2. The highest BCUT2D eigenvalue weighted by atomic mass is 16.2. The Morgan fingerprint density at radius 2 is 1.83 bits per heavy atom. The normalized spacial score (nSPS) is 18.8. The number of carbonyl (C=O) groups is 2. The van der Waals surface area contributed by atoms with E-state index in [4.69, 9.17) is 0 Å². The first-order valence-electron chi connectivity index (χ1n) is 11.1. The Labute approximate surface area is 175 Å². The first-order chi connectivity index (χ1) is 14.0. The first kappa shape index (κ1) is 21.6. The lowest BCUT2D eigenvalue weighted by Crippen LogP contribution is -2.47. The van der Waals surface area contributed by atoms with E-state index in [0.29, 0.717) is 38.5 Å². The lowest BCUT2D eigenvalue weighted by atomic mass is 9.98. The minimum absolute atomic E-state index is 0.137. The minimum atomic E-state index is -0.137. The summed E-state index contributed by atoms with van der Waals surface area (Å²) in [5.41, 5.74) is 2.60. The molecule has 0 aromatic heterocycles. The van der Waals surface area contributed by atoms with E-state index in [0.717, 1.165) is 32.0 Å². The maximum atomic E-state index is 12.5. The van der Waals surface area contributed by atoms with Crippen LogP contribution in [0.5, 0.6) is 0 Å². The first-order valence-corrected chi connectivity index (χ1v) is 11.1. The summed E-state index contributed by atoms with van der Waals surface area (Å²) >= 11 is 0. The molecule has 1 saturated heterocycles. The molecule has 1 fully saturated rings. The second kappa shape index (κ2) is 10.6. The highest BCUT2D eigenvalue weighted by Gasteiger charge is 2.21. The van der Waals surface area contributed by atoms with Gasteiger partial charge in [0.05, 0.1) is 0 Å². The molecule has 3 rings (SSSR count). The molecule has 2 heterocycles. The molecule has 2 aliphatic rings. The Bertz CT molecular complexity index is 685. The van der Waals surface area contributed by atoms with E-state index in [1.54, 1.807) is 0 Å². The average molecular weight is 401 g/mol. The van der Waals surface area contributed by atoms with Crippen molar-refractivity contribution in [1.29, 1.82) is 0 Å². The number of nitrogens with zero attached hydrogens (tertiary/aromatic N) is 2. The molecule has 0 saturated carbocycles. The van der Waals surface area contributed by atoms with Gasteiger partial charge in [-0.3, -0.25) is 9.69 Å². The van der Waals surface area contributed by atoms with Crippen LogP contribution in [-0.2, 0) is 17.8 Å². The van der Waals surface area contributed by atoms with Crippen LogP contribution < -0.4 is 10.6 Å². The molecule has 1 unspecified atom stereocenters. The van der Waals surface area contributed by atoms with Gasteiger partial charge >= 0.3 is 6.03 Å². The van der Waals surface area contributed by atoms with E-state index < -0.39 is 0 Å². The van der Waals surface area contributed by atoms with Crippen molar-refractivity contribution in [3.63, 3.8) is 0 Å². The van der Waals surface area contributed by atoms with Gasteiger partial charge in [0.25, 0.3) is 0 Å². The molecule has 2 aliphatic heterocycles. The number of amides is 3. The summed E-state index contributed by atoms with van der Waals surface area (Å²) in [6.07, 6.45) is 4.56. The maximum Gasteiger partial charge on any atom is 0.314 e. The fourth-order valence-corrected chi connectivity index (χ4v) is 4.21. The van der Waals surface area contributed by atoms with Crippen molar-refractivity contribution >= 4 is 11.9 Å². The number of benzene rings is 1. The standard InChI is InChI=1S/C23H36N4O2/c1-18-9-13-26(14-10-18)19(2)16-25-23(29)24-12-5-8-22(28)27-15-11-20-6-3-4-7-21(20)17-27/h3-4,6-7,18-19H,5,8-17H2,1-2H3,(H2,24,25,29). The number of piperidine rings is 1. The molecule has 3 amide bonds. The molecule has 1 aromatic carbocycles. The van der Waals surface area contributed by atoms with Gasteiger partial charge in [0, 0.05) is 38.6 Å². The molecule has 29 heavy (non-hydrogen) atoms. The van der Waals surface area contributed by atoms with E-state index >= 15 is 0 Å². The number of likely N-dealkylation sites (tertiary alicyclic amines) is 1. The molecule has 6 nitrogen and oxygen atoms in total. The van der Waals surface area contributed by atoms with Crippen molar-refractivity contribution in [3.05, 3.63) is 35.4 Å². The molecule has 1 aromatic rings. The number of fused-ring (bicyclic) bond motifs is 1. The zero-order valence-electron chi connectivity index (χ0n) is 18.0. The summed E-state index contributed by atoms with van der Waals surface area (Å²) < 4.78 is 0. The van der Waals surface area contributed by atoms with Gasteiger partial charge in [0.2, 0.25) is 5.91 Å². The van der Waals surface area contributed by atoms with Gasteiger partial charge in [-0.15, -0.1) is 0 Å². The molecular weight excluding hydrogens is 364 g/mol. The lowest BCUT2D eigenvalue weighted by molar-refractivity contribution is -0.132. The van der Waals surface area contributed by atoms with Crippen LogP contribution in [-0.4, -0.2) is 60.5 Å². The van der Waals surface area contributed by atoms with Crippen molar-refractivity contribution in [1.82, 2.24) is 20.4 Å². The Balaban J connectivity index is 1.27. The van der Waals surface area contributed by atoms with Gasteiger partial charge in [-0.05, 0) is 62.7 Å². The molecule has 6 heteroatoms. The van der Waals surface area contributed by atoms with E-state index in [1.807, 2.05) is 11.0 Å². The molecule has 1 atom stereocenters. The van der Waals surface area contributed by atoms with Crippen LogP contribution in [0.3, 0.4) is 0 Å². The van der Waals surface area contributed by atoms with Gasteiger partial charge < -0.3 is 15.5 Å². The third-order valence-corrected chi connectivity index (χ3v) is 6.34. The highest BCUT2D eigenvalue weighted by molar-refractivity contribution is 5.77. The lowest BCUT2D eigenvalue weighted by Gasteiger charge is -2.35. The second-order valence-electron chi connectivity index (χ2n) is 8.64. The minimum Gasteiger partial charge on any atom is -0.338 e. The SMILES string of the molecule is CC1CCN(C(C)CNC(=O)NCCCC(=O)N2CCc3ccccc3C2)CC1. The van der Waals surface area contributed by atoms with E-state index in [-0.39, 0.29) is 11.9 Å². The highest BCUT2D eigenvalue weighted by Crippen LogP contribution is 2.19. The summed E-state index contributed by atoms with van der Waals surface area (Å²) in [6.45, 7) is 9.40. The van der Waals surface area contributed by atoms with Crippen molar-refractivity contribution in [2.75, 3.05) is 32.7 Å². The predicted molar refractivity (Wildman–Crippen MR) is 116 cm³/mol. The number of hydrogen-bond donors (Lipinski definition) is 2. The average Bonchev–Trinajstić information content (AvgIpc) is 2.75. The summed E-state index contributed by atoms with van der Waals surface area (Å²) in [7, 11) is 0. The Morgan fingerprint density at radius 3 is 2.59 bits per heavy atom. The maximum absolute atomic E-state index is 12.5. The van der Waals surface area contributed by atoms with Crippen LogP contribution in [0.25, 0.3) is 0 Å². The zero-order valence-corrected chi connectivity index (χ0v) is 18.0. The Kier molecular flexibility index (Phi) is 7.92. The quantitative estimate of drug-likeness (QED) is 0.692. The fourth-order valence-electron chi connectivity index (χ4n) is 4.21. The van der Waals surface area contributed by atoms with E-state index in [2.05, 4.69) is 47.6 Å². The van der Waals surface area contributed by atoms with Crippen LogP contribution >= 0.6 is 0 Å². The topological polar surface area (TPSA) is 64.7 Å². The molecule has 2 N–H and O–H groups in total. The van der Waals surface area contributed by atoms with Crippen LogP contribution in [0.4, 0.5) is 4.79 Å². The third kappa shape index (κ3) is 6.46. The zero-order chi connectivity index (χ0) is 20.6. The number of carbonyl (C=O) groups excluding carboxylic acids is 2. The van der Waals surface area contributed by atoms with Crippen LogP contribution in [0, 0.1) is 5.92 Å². The fraction of sp³-hybridized carbons (Fsp3) is 0.652. The van der Waals surface area contributed by atoms with E-state index in [1.165, 1.54) is 24.0 Å². The Hall–Kier alpha value is -2.08. The van der Waals surface area contributed by atoms with Crippen molar-refractivity contribution < 1.29 is 9.59 Å². The molecule has 0 spiro atoms. The molecule has 0 aliphatic carbocycles. The summed E-state index contributed by atoms with van der Waals surface area (Å²) in [5.74, 6) is 0.992. The number of nitrogens with one attached hydrogen (secondary N) is 2. The Morgan fingerprint density at radius 1 is 1.10 bits per heavy atom. The summed E-state index contributed by atoms with van der Waals surface area (Å²) in [5, 5.41) is 5.85. The number of rotatable bonds is 7. The van der Waals surface area contributed by atoms with Gasteiger partial charge in [-0.2, -0.15) is 0 Å². The van der Waals surface area contributed by atoms with Crippen LogP contribution in [0.15, 0.2) is 24.3 Å². The van der Waals surface area contributed by atoms with Crippen molar-refractivity contribution in [3.8, 4) is 0 Å². The van der Waals surface area contributed by atoms with Gasteiger partial charge in [-0.25, -0.2) is 4.79 Å². The second-order valence-corrected chi connectivity index (χ2v) is 8.64. The molecule has 160 valence electrons. The summed E-state index contributed by atoms with van der Waals surface area (Å²) in [6, 6.07) is 8.56. The van der Waals surface area contributed by atoms with Gasteiger partial charge in [0.1, 0.15) is 0 Å². The van der Waals surface area contributed by atoms with Crippen LogP contribution in [0.1, 0.15) is 50.7 Å². The smallest absolute Gasteiger partial charge is 0.314 e. The monoisotopic (exact) mass is 400 g/mol. The largest absolute Gasteiger partial charge is 0.338 e.